The Kier molecular flexibility index (Phi) is 2.87. The number of halogens is 1. The average Bonchev–Trinajstić information content (AvgIpc) is 2.57. The molecule has 0 amide bonds. The molecular weight excluding hydrogens is 240 g/mol. The Hall–Kier alpha value is -0.830. The molecule has 0 saturated carbocycles. The second-order valence-electron chi connectivity index (χ2n) is 3.42. The van der Waals surface area contributed by atoms with Crippen LogP contribution in [0.2, 0.25) is 0 Å². The monoisotopic (exact) mass is 252 g/mol. The van der Waals surface area contributed by atoms with Crippen LogP contribution >= 0.6 is 15.9 Å². The van der Waals surface area contributed by atoms with Crippen LogP contribution in [-0.2, 0) is 6.54 Å². The number of unbranched alkanes of at least 4 members (excludes halogenated alkanes) is 1. The van der Waals surface area contributed by atoms with Gasteiger partial charge in [0.25, 0.3) is 0 Å². The van der Waals surface area contributed by atoms with Gasteiger partial charge >= 0.3 is 0 Å². The number of aromatic nitrogens is 2. The highest BCUT2D eigenvalue weighted by atomic mass is 79.9. The molecule has 74 valence electrons. The van der Waals surface area contributed by atoms with E-state index in [1.807, 2.05) is 6.33 Å². The highest BCUT2D eigenvalue weighted by Gasteiger charge is 2.01. The van der Waals surface area contributed by atoms with Crippen LogP contribution in [0.4, 0.5) is 0 Å². The molecule has 0 spiro atoms. The summed E-state index contributed by atoms with van der Waals surface area (Å²) >= 11 is 3.45. The minimum atomic E-state index is 1.06. The summed E-state index contributed by atoms with van der Waals surface area (Å²) in [5.74, 6) is 0. The number of nitrogens with zero attached hydrogens (tertiary/aromatic N) is 2. The summed E-state index contributed by atoms with van der Waals surface area (Å²) in [5.41, 5.74) is 2.29. The van der Waals surface area contributed by atoms with Crippen LogP contribution in [0.1, 0.15) is 19.8 Å². The molecule has 0 N–H and O–H groups in total. The Labute approximate surface area is 92.1 Å². The fraction of sp³-hybridized carbons (Fsp3) is 0.364. The minimum absolute atomic E-state index is 1.06. The second kappa shape index (κ2) is 4.13. The SMILES string of the molecule is CCCCn1cnc2cc(Br)ccc21. The molecular formula is C11H13BrN2. The molecule has 0 unspecified atom stereocenters. The Balaban J connectivity index is 2.37. The van der Waals surface area contributed by atoms with Gasteiger partial charge in [-0.1, -0.05) is 29.3 Å². The minimum Gasteiger partial charge on any atom is -0.331 e. The maximum absolute atomic E-state index is 4.37. The molecule has 1 aromatic heterocycles. The predicted octanol–water partition coefficient (Wildman–Crippen LogP) is 3.60. The van der Waals surface area contributed by atoms with Crippen LogP contribution in [0, 0.1) is 0 Å². The Morgan fingerprint density at radius 3 is 3.07 bits per heavy atom. The molecule has 0 aliphatic rings. The van der Waals surface area contributed by atoms with Crippen LogP contribution in [0.25, 0.3) is 11.0 Å². The van der Waals surface area contributed by atoms with Crippen LogP contribution in [0.15, 0.2) is 29.0 Å². The van der Waals surface area contributed by atoms with Gasteiger partial charge < -0.3 is 4.57 Å². The number of fused-ring (bicyclic) bond motifs is 1. The van der Waals surface area contributed by atoms with E-state index in [0.29, 0.717) is 0 Å². The maximum atomic E-state index is 4.37. The van der Waals surface area contributed by atoms with Gasteiger partial charge in [-0.25, -0.2) is 4.98 Å². The van der Waals surface area contributed by atoms with Gasteiger partial charge in [-0.15, -0.1) is 0 Å². The van der Waals surface area contributed by atoms with Gasteiger partial charge in [0.1, 0.15) is 0 Å². The lowest BCUT2D eigenvalue weighted by molar-refractivity contribution is 0.646. The third kappa shape index (κ3) is 1.82. The molecule has 14 heavy (non-hydrogen) atoms. The van der Waals surface area contributed by atoms with Crippen molar-refractivity contribution in [2.75, 3.05) is 0 Å². The van der Waals surface area contributed by atoms with Gasteiger partial charge in [-0.05, 0) is 24.6 Å². The fourth-order valence-corrected chi connectivity index (χ4v) is 1.89. The average molecular weight is 253 g/mol. The number of aryl methyl sites for hydroxylation is 1. The lowest BCUT2D eigenvalue weighted by Gasteiger charge is -2.01. The summed E-state index contributed by atoms with van der Waals surface area (Å²) < 4.78 is 3.30. The van der Waals surface area contributed by atoms with Crippen LogP contribution in [0.3, 0.4) is 0 Å². The highest BCUT2D eigenvalue weighted by molar-refractivity contribution is 9.10. The normalized spacial score (nSPS) is 11.0. The van der Waals surface area contributed by atoms with Crippen molar-refractivity contribution in [1.82, 2.24) is 9.55 Å². The summed E-state index contributed by atoms with van der Waals surface area (Å²) in [7, 11) is 0. The summed E-state index contributed by atoms with van der Waals surface area (Å²) in [6.45, 7) is 3.27. The third-order valence-corrected chi connectivity index (χ3v) is 2.83. The lowest BCUT2D eigenvalue weighted by Crippen LogP contribution is -1.94. The van der Waals surface area contributed by atoms with Gasteiger partial charge in [0, 0.05) is 11.0 Å². The number of hydrogen-bond acceptors (Lipinski definition) is 1. The molecule has 0 aliphatic carbocycles. The molecule has 1 aromatic carbocycles. The molecule has 0 bridgehead atoms. The first kappa shape index (κ1) is 9.71. The summed E-state index contributed by atoms with van der Waals surface area (Å²) in [6.07, 6.45) is 4.35. The zero-order valence-corrected chi connectivity index (χ0v) is 9.79. The van der Waals surface area contributed by atoms with Crippen molar-refractivity contribution < 1.29 is 0 Å². The van der Waals surface area contributed by atoms with E-state index >= 15 is 0 Å². The van der Waals surface area contributed by atoms with E-state index in [9.17, 15) is 0 Å². The van der Waals surface area contributed by atoms with E-state index in [0.717, 1.165) is 16.5 Å². The van der Waals surface area contributed by atoms with Gasteiger partial charge in [-0.3, -0.25) is 0 Å². The molecule has 1 heterocycles. The van der Waals surface area contributed by atoms with Gasteiger partial charge in [0.15, 0.2) is 0 Å². The molecule has 0 saturated heterocycles. The van der Waals surface area contributed by atoms with E-state index in [2.05, 4.69) is 50.6 Å². The molecule has 2 aromatic rings. The quantitative estimate of drug-likeness (QED) is 0.817. The number of rotatable bonds is 3. The molecule has 0 atom stereocenters. The first-order valence-corrected chi connectivity index (χ1v) is 5.71. The van der Waals surface area contributed by atoms with Gasteiger partial charge in [0.2, 0.25) is 0 Å². The van der Waals surface area contributed by atoms with Crippen LogP contribution in [-0.4, -0.2) is 9.55 Å². The molecule has 3 heteroatoms. The first-order valence-electron chi connectivity index (χ1n) is 4.91. The third-order valence-electron chi connectivity index (χ3n) is 2.34. The molecule has 0 fully saturated rings. The van der Waals surface area contributed by atoms with Crippen molar-refractivity contribution in [3.63, 3.8) is 0 Å². The van der Waals surface area contributed by atoms with Crippen molar-refractivity contribution in [3.8, 4) is 0 Å². The maximum Gasteiger partial charge on any atom is 0.0958 e. The Morgan fingerprint density at radius 2 is 2.29 bits per heavy atom. The van der Waals surface area contributed by atoms with Gasteiger partial charge in [-0.2, -0.15) is 0 Å². The van der Waals surface area contributed by atoms with Gasteiger partial charge in [0.05, 0.1) is 17.4 Å². The van der Waals surface area contributed by atoms with E-state index in [-0.39, 0.29) is 0 Å². The van der Waals surface area contributed by atoms with E-state index in [1.165, 1.54) is 18.4 Å². The van der Waals surface area contributed by atoms with Crippen LogP contribution < -0.4 is 0 Å². The summed E-state index contributed by atoms with van der Waals surface area (Å²) in [4.78, 5) is 4.37. The van der Waals surface area contributed by atoms with Crippen molar-refractivity contribution in [3.05, 3.63) is 29.0 Å². The fourth-order valence-electron chi connectivity index (χ4n) is 1.54. The lowest BCUT2D eigenvalue weighted by atomic mass is 10.3. The zero-order valence-electron chi connectivity index (χ0n) is 8.20. The standard InChI is InChI=1S/C11H13BrN2/c1-2-3-6-14-8-13-10-7-9(12)4-5-11(10)14/h4-5,7-8H,2-3,6H2,1H3. The topological polar surface area (TPSA) is 17.8 Å². The molecule has 0 aliphatic heterocycles. The van der Waals surface area contributed by atoms with E-state index in [1.54, 1.807) is 0 Å². The smallest absolute Gasteiger partial charge is 0.0958 e. The Morgan fingerprint density at radius 1 is 1.43 bits per heavy atom. The van der Waals surface area contributed by atoms with Crippen molar-refractivity contribution >= 4 is 27.0 Å². The number of imidazole rings is 1. The summed E-state index contributed by atoms with van der Waals surface area (Å²) in [6, 6.07) is 6.23. The van der Waals surface area contributed by atoms with Crippen molar-refractivity contribution in [2.45, 2.75) is 26.3 Å². The zero-order chi connectivity index (χ0) is 9.97. The second-order valence-corrected chi connectivity index (χ2v) is 4.34. The number of benzene rings is 1. The number of hydrogen-bond donors (Lipinski definition) is 0. The van der Waals surface area contributed by atoms with E-state index in [4.69, 9.17) is 0 Å². The molecule has 2 rings (SSSR count). The first-order chi connectivity index (χ1) is 6.81. The Bertz CT molecular complexity index is 434. The predicted molar refractivity (Wildman–Crippen MR) is 62.3 cm³/mol. The molecule has 0 radical (unpaired) electrons. The van der Waals surface area contributed by atoms with E-state index < -0.39 is 0 Å². The van der Waals surface area contributed by atoms with Crippen molar-refractivity contribution in [2.24, 2.45) is 0 Å². The largest absolute Gasteiger partial charge is 0.331 e. The summed E-state index contributed by atoms with van der Waals surface area (Å²) in [5, 5.41) is 0. The molecule has 2 nitrogen and oxygen atoms in total. The van der Waals surface area contributed by atoms with Crippen LogP contribution in [0.5, 0.6) is 0 Å². The highest BCUT2D eigenvalue weighted by Crippen LogP contribution is 2.18. The van der Waals surface area contributed by atoms with Crippen molar-refractivity contribution in [1.29, 1.82) is 0 Å².